The van der Waals surface area contributed by atoms with Crippen LogP contribution in [0.25, 0.3) is 0 Å². The van der Waals surface area contributed by atoms with Gasteiger partial charge in [0.2, 0.25) is 0 Å². The minimum atomic E-state index is 0.0569. The van der Waals surface area contributed by atoms with E-state index >= 15 is 0 Å². The largest absolute Gasteiger partial charge is 0.349 e. The maximum atomic E-state index is 6.10. The van der Waals surface area contributed by atoms with Crippen LogP contribution in [0, 0.1) is 0 Å². The van der Waals surface area contributed by atoms with Crippen molar-refractivity contribution in [1.82, 2.24) is 9.97 Å². The van der Waals surface area contributed by atoms with Gasteiger partial charge in [-0.05, 0) is 18.6 Å². The van der Waals surface area contributed by atoms with Crippen molar-refractivity contribution in [3.05, 3.63) is 40.1 Å². The molecule has 0 aliphatic heterocycles. The molecule has 2 heterocycles. The molecule has 2 aromatic rings. The Balaban J connectivity index is 2.04. The van der Waals surface area contributed by atoms with E-state index in [0.29, 0.717) is 0 Å². The number of aromatic nitrogens is 2. The fourth-order valence-corrected chi connectivity index (χ4v) is 2.46. The summed E-state index contributed by atoms with van der Waals surface area (Å²) in [6.45, 7) is 2.16. The van der Waals surface area contributed by atoms with Crippen molar-refractivity contribution in [3.63, 3.8) is 0 Å². The number of hydrogen-bond acceptors (Lipinski definition) is 3. The van der Waals surface area contributed by atoms with Gasteiger partial charge in [-0.3, -0.25) is 0 Å². The molecule has 80 valence electrons. The van der Waals surface area contributed by atoms with Crippen LogP contribution in [0.3, 0.4) is 0 Å². The van der Waals surface area contributed by atoms with E-state index in [1.165, 1.54) is 9.75 Å². The van der Waals surface area contributed by atoms with Gasteiger partial charge in [0.1, 0.15) is 5.82 Å². The average Bonchev–Trinajstić information content (AvgIpc) is 2.86. The molecule has 0 amide bonds. The second-order valence-electron chi connectivity index (χ2n) is 3.50. The van der Waals surface area contributed by atoms with Crippen molar-refractivity contribution in [2.24, 2.45) is 5.73 Å². The molecule has 1 unspecified atom stereocenters. The van der Waals surface area contributed by atoms with Crippen molar-refractivity contribution in [3.8, 4) is 0 Å². The highest BCUT2D eigenvalue weighted by Crippen LogP contribution is 2.23. The lowest BCUT2D eigenvalue weighted by Gasteiger charge is -2.06. The van der Waals surface area contributed by atoms with Gasteiger partial charge in [-0.25, -0.2) is 4.98 Å². The summed E-state index contributed by atoms with van der Waals surface area (Å²) >= 11 is 1.80. The molecule has 0 aromatic carbocycles. The third kappa shape index (κ3) is 2.46. The van der Waals surface area contributed by atoms with E-state index in [0.717, 1.165) is 18.7 Å². The third-order valence-corrected chi connectivity index (χ3v) is 3.73. The summed E-state index contributed by atoms with van der Waals surface area (Å²) < 4.78 is 0. The van der Waals surface area contributed by atoms with Gasteiger partial charge < -0.3 is 10.7 Å². The highest BCUT2D eigenvalue weighted by molar-refractivity contribution is 7.12. The molecule has 4 heteroatoms. The summed E-state index contributed by atoms with van der Waals surface area (Å²) in [5, 5.41) is 0. The van der Waals surface area contributed by atoms with E-state index in [-0.39, 0.29) is 6.04 Å². The predicted octanol–water partition coefficient (Wildman–Crippen LogP) is 2.28. The molecule has 0 saturated carbocycles. The molecule has 15 heavy (non-hydrogen) atoms. The van der Waals surface area contributed by atoms with Gasteiger partial charge in [-0.1, -0.05) is 6.92 Å². The number of nitrogens with zero attached hydrogens (tertiary/aromatic N) is 1. The van der Waals surface area contributed by atoms with E-state index in [1.807, 2.05) is 6.20 Å². The van der Waals surface area contributed by atoms with Crippen LogP contribution in [0.2, 0.25) is 0 Å². The number of H-pyrrole nitrogens is 1. The Morgan fingerprint density at radius 1 is 1.53 bits per heavy atom. The summed E-state index contributed by atoms with van der Waals surface area (Å²) in [7, 11) is 0. The molecule has 2 aromatic heterocycles. The maximum absolute atomic E-state index is 6.10. The molecule has 0 radical (unpaired) electrons. The van der Waals surface area contributed by atoms with E-state index in [4.69, 9.17) is 5.73 Å². The van der Waals surface area contributed by atoms with Crippen LogP contribution in [0.15, 0.2) is 24.5 Å². The van der Waals surface area contributed by atoms with E-state index in [1.54, 1.807) is 17.5 Å². The van der Waals surface area contributed by atoms with Crippen LogP contribution in [-0.4, -0.2) is 9.97 Å². The maximum Gasteiger partial charge on any atom is 0.107 e. The Morgan fingerprint density at radius 3 is 3.00 bits per heavy atom. The first kappa shape index (κ1) is 10.4. The molecular weight excluding hydrogens is 206 g/mol. The molecule has 0 aliphatic carbocycles. The van der Waals surface area contributed by atoms with Crippen molar-refractivity contribution in [1.29, 1.82) is 0 Å². The Hall–Kier alpha value is -1.13. The predicted molar refractivity (Wildman–Crippen MR) is 62.9 cm³/mol. The number of aryl methyl sites for hydroxylation is 1. The summed E-state index contributed by atoms with van der Waals surface area (Å²) in [4.78, 5) is 9.88. The molecule has 1 atom stereocenters. The van der Waals surface area contributed by atoms with E-state index < -0.39 is 0 Å². The summed E-state index contributed by atoms with van der Waals surface area (Å²) in [5.74, 6) is 0.953. The van der Waals surface area contributed by atoms with Gasteiger partial charge in [0, 0.05) is 34.6 Å². The summed E-state index contributed by atoms with van der Waals surface area (Å²) in [5.41, 5.74) is 6.10. The molecular formula is C11H15N3S. The lowest BCUT2D eigenvalue weighted by molar-refractivity contribution is 0.707. The fraction of sp³-hybridized carbons (Fsp3) is 0.364. The van der Waals surface area contributed by atoms with Gasteiger partial charge >= 0.3 is 0 Å². The zero-order valence-electron chi connectivity index (χ0n) is 8.73. The topological polar surface area (TPSA) is 54.7 Å². The standard InChI is InChI=1S/C11H15N3S/c1-2-8-3-4-10(15-8)9(12)7-11-13-5-6-14-11/h3-6,9H,2,7,12H2,1H3,(H,13,14). The molecule has 2 rings (SSSR count). The quantitative estimate of drug-likeness (QED) is 0.832. The number of thiophene rings is 1. The zero-order valence-corrected chi connectivity index (χ0v) is 9.55. The lowest BCUT2D eigenvalue weighted by atomic mass is 10.2. The number of rotatable bonds is 4. The first-order chi connectivity index (χ1) is 7.29. The Labute approximate surface area is 93.4 Å². The van der Waals surface area contributed by atoms with Crippen LogP contribution >= 0.6 is 11.3 Å². The van der Waals surface area contributed by atoms with Crippen LogP contribution in [0.5, 0.6) is 0 Å². The number of aromatic amines is 1. The zero-order chi connectivity index (χ0) is 10.7. The normalized spacial score (nSPS) is 12.9. The van der Waals surface area contributed by atoms with Gasteiger partial charge in [0.25, 0.3) is 0 Å². The van der Waals surface area contributed by atoms with Crippen molar-refractivity contribution >= 4 is 11.3 Å². The van der Waals surface area contributed by atoms with Gasteiger partial charge in [0.15, 0.2) is 0 Å². The van der Waals surface area contributed by atoms with Gasteiger partial charge in [-0.15, -0.1) is 11.3 Å². The van der Waals surface area contributed by atoms with Gasteiger partial charge in [0.05, 0.1) is 0 Å². The van der Waals surface area contributed by atoms with E-state index in [2.05, 4.69) is 29.0 Å². The smallest absolute Gasteiger partial charge is 0.107 e. The molecule has 0 aliphatic rings. The number of nitrogens with two attached hydrogens (primary N) is 1. The SMILES string of the molecule is CCc1ccc(C(N)Cc2ncc[nH]2)s1. The Bertz CT molecular complexity index is 405. The lowest BCUT2D eigenvalue weighted by Crippen LogP contribution is -2.12. The fourth-order valence-electron chi connectivity index (χ4n) is 1.50. The minimum Gasteiger partial charge on any atom is -0.349 e. The second-order valence-corrected chi connectivity index (χ2v) is 4.70. The Kier molecular flexibility index (Phi) is 3.18. The van der Waals surface area contributed by atoms with Crippen LogP contribution in [0.4, 0.5) is 0 Å². The van der Waals surface area contributed by atoms with Crippen LogP contribution in [-0.2, 0) is 12.8 Å². The molecule has 0 saturated heterocycles. The number of hydrogen-bond donors (Lipinski definition) is 2. The second kappa shape index (κ2) is 4.59. The van der Waals surface area contributed by atoms with Crippen LogP contribution in [0.1, 0.15) is 28.5 Å². The highest BCUT2D eigenvalue weighted by Gasteiger charge is 2.10. The molecule has 0 spiro atoms. The van der Waals surface area contributed by atoms with Crippen molar-refractivity contribution < 1.29 is 0 Å². The summed E-state index contributed by atoms with van der Waals surface area (Å²) in [6.07, 6.45) is 5.44. The molecule has 3 nitrogen and oxygen atoms in total. The minimum absolute atomic E-state index is 0.0569. The van der Waals surface area contributed by atoms with Gasteiger partial charge in [-0.2, -0.15) is 0 Å². The highest BCUT2D eigenvalue weighted by atomic mass is 32.1. The van der Waals surface area contributed by atoms with E-state index in [9.17, 15) is 0 Å². The van der Waals surface area contributed by atoms with Crippen molar-refractivity contribution in [2.45, 2.75) is 25.8 Å². The Morgan fingerprint density at radius 2 is 2.40 bits per heavy atom. The molecule has 3 N–H and O–H groups in total. The summed E-state index contributed by atoms with van der Waals surface area (Å²) in [6, 6.07) is 4.33. The third-order valence-electron chi connectivity index (χ3n) is 2.36. The average molecular weight is 221 g/mol. The molecule has 0 bridgehead atoms. The van der Waals surface area contributed by atoms with Crippen LogP contribution < -0.4 is 5.73 Å². The number of imidazole rings is 1. The first-order valence-corrected chi connectivity index (χ1v) is 5.93. The monoisotopic (exact) mass is 221 g/mol. The van der Waals surface area contributed by atoms with Crippen molar-refractivity contribution in [2.75, 3.05) is 0 Å². The first-order valence-electron chi connectivity index (χ1n) is 5.12. The number of nitrogens with one attached hydrogen (secondary N) is 1. The molecule has 0 fully saturated rings.